The van der Waals surface area contributed by atoms with E-state index in [0.29, 0.717) is 5.41 Å². The van der Waals surface area contributed by atoms with Crippen LogP contribution in [0, 0.1) is 34.5 Å². The highest BCUT2D eigenvalue weighted by molar-refractivity contribution is 5.17. The van der Waals surface area contributed by atoms with Crippen molar-refractivity contribution in [1.82, 2.24) is 4.90 Å². The highest BCUT2D eigenvalue weighted by Crippen LogP contribution is 2.68. The maximum Gasteiger partial charge on any atom is 0.0675 e. The molecule has 4 aliphatic carbocycles. The Labute approximate surface area is 173 Å². The van der Waals surface area contributed by atoms with Crippen molar-refractivity contribution in [2.75, 3.05) is 13.1 Å². The molecule has 2 nitrogen and oxygen atoms in total. The second-order valence-electron chi connectivity index (χ2n) is 12.0. The van der Waals surface area contributed by atoms with E-state index in [1.54, 1.807) is 5.57 Å². The van der Waals surface area contributed by atoms with Gasteiger partial charge in [-0.15, -0.1) is 0 Å². The predicted molar refractivity (Wildman–Crippen MR) is 116 cm³/mol. The van der Waals surface area contributed by atoms with Gasteiger partial charge in [-0.2, -0.15) is 0 Å². The van der Waals surface area contributed by atoms with Crippen LogP contribution in [0.15, 0.2) is 11.8 Å². The van der Waals surface area contributed by atoms with Gasteiger partial charge in [0.05, 0.1) is 5.60 Å². The van der Waals surface area contributed by atoms with Crippen LogP contribution < -0.4 is 0 Å². The van der Waals surface area contributed by atoms with Gasteiger partial charge in [0.1, 0.15) is 0 Å². The van der Waals surface area contributed by atoms with Crippen LogP contribution in [0.5, 0.6) is 0 Å². The fourth-order valence-corrected chi connectivity index (χ4v) is 8.88. The first kappa shape index (κ1) is 19.5. The van der Waals surface area contributed by atoms with E-state index >= 15 is 0 Å². The van der Waals surface area contributed by atoms with Crippen LogP contribution in [0.25, 0.3) is 0 Å². The number of allylic oxidation sites excluding steroid dienone is 1. The average Bonchev–Trinajstić information content (AvgIpc) is 2.91. The van der Waals surface area contributed by atoms with Crippen LogP contribution in [0.3, 0.4) is 0 Å². The standard InChI is InChI=1S/C26H43NO/c1-24-17-19(18-27-15-5-4-6-16-27)7-8-20(24)9-10-21-22(24)11-13-25(2)23(21)12-14-26(25,3)28/h18,20-23,28H,4-17H2,1-3H3/b19-18-/t20-,21-,22+,23+,24+,25+,26+/m1/s1. The summed E-state index contributed by atoms with van der Waals surface area (Å²) in [5, 5.41) is 11.1. The first-order valence-corrected chi connectivity index (χ1v) is 12.5. The van der Waals surface area contributed by atoms with Crippen molar-refractivity contribution in [2.45, 2.75) is 103 Å². The second-order valence-corrected chi connectivity index (χ2v) is 12.0. The van der Waals surface area contributed by atoms with Crippen LogP contribution >= 0.6 is 0 Å². The Kier molecular flexibility index (Phi) is 4.70. The van der Waals surface area contributed by atoms with Crippen molar-refractivity contribution in [3.8, 4) is 0 Å². The lowest BCUT2D eigenvalue weighted by Crippen LogP contribution is -2.55. The molecule has 4 saturated carbocycles. The summed E-state index contributed by atoms with van der Waals surface area (Å²) < 4.78 is 0. The molecule has 28 heavy (non-hydrogen) atoms. The molecule has 0 amide bonds. The van der Waals surface area contributed by atoms with Gasteiger partial charge in [-0.05, 0) is 125 Å². The van der Waals surface area contributed by atoms with E-state index in [4.69, 9.17) is 0 Å². The summed E-state index contributed by atoms with van der Waals surface area (Å²) in [5.74, 6) is 3.46. The molecule has 0 spiro atoms. The highest BCUT2D eigenvalue weighted by Gasteiger charge is 2.63. The fourth-order valence-electron chi connectivity index (χ4n) is 8.88. The van der Waals surface area contributed by atoms with E-state index in [9.17, 15) is 5.11 Å². The highest BCUT2D eigenvalue weighted by atomic mass is 16.3. The van der Waals surface area contributed by atoms with Gasteiger partial charge >= 0.3 is 0 Å². The number of piperidine rings is 1. The lowest BCUT2D eigenvalue weighted by Gasteiger charge is -2.61. The Morgan fingerprint density at radius 2 is 1.64 bits per heavy atom. The zero-order valence-electron chi connectivity index (χ0n) is 18.7. The molecule has 1 heterocycles. The maximum absolute atomic E-state index is 11.1. The lowest BCUT2D eigenvalue weighted by molar-refractivity contribution is -0.141. The molecule has 1 aliphatic heterocycles. The summed E-state index contributed by atoms with van der Waals surface area (Å²) in [6.07, 6.45) is 18.7. The Balaban J connectivity index is 1.38. The van der Waals surface area contributed by atoms with Gasteiger partial charge in [-0.1, -0.05) is 19.4 Å². The quantitative estimate of drug-likeness (QED) is 0.585. The summed E-state index contributed by atoms with van der Waals surface area (Å²) in [6.45, 7) is 9.81. The third-order valence-electron chi connectivity index (χ3n) is 10.8. The topological polar surface area (TPSA) is 23.5 Å². The minimum absolute atomic E-state index is 0.165. The minimum atomic E-state index is -0.438. The van der Waals surface area contributed by atoms with E-state index in [1.165, 1.54) is 83.7 Å². The van der Waals surface area contributed by atoms with Gasteiger partial charge in [-0.3, -0.25) is 0 Å². The van der Waals surface area contributed by atoms with Crippen molar-refractivity contribution < 1.29 is 5.11 Å². The maximum atomic E-state index is 11.1. The molecule has 158 valence electrons. The molecule has 5 aliphatic rings. The third kappa shape index (κ3) is 2.83. The SMILES string of the molecule is C[C@]12C/C(=C\N3CCCCC3)CC[C@@H]1CC[C@@H]1[C@@H]2CC[C@@]2(C)[C@H]1CC[C@]2(C)O. The Morgan fingerprint density at radius 1 is 0.893 bits per heavy atom. The minimum Gasteiger partial charge on any atom is -0.390 e. The van der Waals surface area contributed by atoms with Crippen LogP contribution in [-0.2, 0) is 0 Å². The molecular formula is C26H43NO. The first-order valence-electron chi connectivity index (χ1n) is 12.5. The van der Waals surface area contributed by atoms with Crippen LogP contribution in [0.1, 0.15) is 97.8 Å². The van der Waals surface area contributed by atoms with E-state index in [-0.39, 0.29) is 5.41 Å². The zero-order chi connectivity index (χ0) is 19.6. The molecule has 0 unspecified atom stereocenters. The first-order chi connectivity index (χ1) is 13.3. The largest absolute Gasteiger partial charge is 0.390 e. The number of fused-ring (bicyclic) bond motifs is 5. The Bertz CT molecular complexity index is 632. The molecule has 5 fully saturated rings. The molecule has 0 aromatic heterocycles. The van der Waals surface area contributed by atoms with Gasteiger partial charge in [0, 0.05) is 13.1 Å². The van der Waals surface area contributed by atoms with Crippen molar-refractivity contribution in [2.24, 2.45) is 34.5 Å². The molecule has 0 aromatic rings. The van der Waals surface area contributed by atoms with Gasteiger partial charge in [-0.25, -0.2) is 0 Å². The van der Waals surface area contributed by atoms with Crippen LogP contribution in [0.2, 0.25) is 0 Å². The monoisotopic (exact) mass is 385 g/mol. The van der Waals surface area contributed by atoms with E-state index in [1.807, 2.05) is 0 Å². The Morgan fingerprint density at radius 3 is 2.43 bits per heavy atom. The van der Waals surface area contributed by atoms with Crippen LogP contribution in [0.4, 0.5) is 0 Å². The number of hydrogen-bond donors (Lipinski definition) is 1. The number of aliphatic hydroxyl groups is 1. The molecule has 0 radical (unpaired) electrons. The van der Waals surface area contributed by atoms with E-state index < -0.39 is 5.60 Å². The second kappa shape index (κ2) is 6.76. The third-order valence-corrected chi connectivity index (χ3v) is 10.8. The summed E-state index contributed by atoms with van der Waals surface area (Å²) in [4.78, 5) is 2.63. The number of rotatable bonds is 1. The molecule has 7 atom stereocenters. The summed E-state index contributed by atoms with van der Waals surface area (Å²) in [5.41, 5.74) is 2.00. The average molecular weight is 386 g/mol. The summed E-state index contributed by atoms with van der Waals surface area (Å²) in [6, 6.07) is 0. The zero-order valence-corrected chi connectivity index (χ0v) is 18.7. The molecule has 5 rings (SSSR count). The molecule has 1 N–H and O–H groups in total. The molecule has 0 bridgehead atoms. The van der Waals surface area contributed by atoms with Gasteiger partial charge in [0.25, 0.3) is 0 Å². The predicted octanol–water partition coefficient (Wildman–Crippen LogP) is 6.15. The van der Waals surface area contributed by atoms with Gasteiger partial charge < -0.3 is 10.0 Å². The van der Waals surface area contributed by atoms with Crippen molar-refractivity contribution in [3.05, 3.63) is 11.8 Å². The summed E-state index contributed by atoms with van der Waals surface area (Å²) in [7, 11) is 0. The molecular weight excluding hydrogens is 342 g/mol. The smallest absolute Gasteiger partial charge is 0.0675 e. The van der Waals surface area contributed by atoms with Crippen LogP contribution in [-0.4, -0.2) is 28.7 Å². The van der Waals surface area contributed by atoms with E-state index in [2.05, 4.69) is 31.9 Å². The fraction of sp³-hybridized carbons (Fsp3) is 0.923. The van der Waals surface area contributed by atoms with Crippen molar-refractivity contribution in [1.29, 1.82) is 0 Å². The van der Waals surface area contributed by atoms with Gasteiger partial charge in [0.2, 0.25) is 0 Å². The molecule has 1 saturated heterocycles. The number of nitrogens with zero attached hydrogens (tertiary/aromatic N) is 1. The number of likely N-dealkylation sites (tertiary alicyclic amines) is 1. The van der Waals surface area contributed by atoms with Gasteiger partial charge in [0.15, 0.2) is 0 Å². The van der Waals surface area contributed by atoms with Crippen molar-refractivity contribution in [3.63, 3.8) is 0 Å². The summed E-state index contributed by atoms with van der Waals surface area (Å²) >= 11 is 0. The molecule has 0 aromatic carbocycles. The Hall–Kier alpha value is -0.500. The normalized spacial score (nSPS) is 52.9. The molecule has 2 heteroatoms. The lowest BCUT2D eigenvalue weighted by atomic mass is 9.44. The van der Waals surface area contributed by atoms with Crippen molar-refractivity contribution >= 4 is 0 Å². The number of hydrogen-bond acceptors (Lipinski definition) is 2. The van der Waals surface area contributed by atoms with E-state index in [0.717, 1.165) is 30.1 Å².